The zero-order valence-electron chi connectivity index (χ0n) is 24.2. The van der Waals surface area contributed by atoms with Crippen LogP contribution in [-0.2, 0) is 28.8 Å². The standard InChI is InChI=1S/C28H40F3N5O6/c1-26(2,3)20(35-25(42)28(29,30)31)24(41)36-14-27(9-4-5-10-27)13-18(36)22(39)34-17(12-15-8-11-32-21(15)38)19(37)23(40)33-16-6-7-16/h15-18,20H,4-14H2,1-3H3,(H,32,38)(H,33,40)(H,34,39)(H,35,42)/t15-,17-,18-,20+/m0/s1. The fourth-order valence-electron chi connectivity index (χ4n) is 6.33. The quantitative estimate of drug-likeness (QED) is 0.291. The van der Waals surface area contributed by atoms with Crippen molar-refractivity contribution in [3.05, 3.63) is 0 Å². The van der Waals surface area contributed by atoms with E-state index >= 15 is 0 Å². The number of alkyl halides is 3. The number of Topliss-reactive ketones (excluding diaryl/α,β-unsaturated/α-hetero) is 1. The molecule has 42 heavy (non-hydrogen) atoms. The molecule has 2 saturated carbocycles. The molecule has 2 aliphatic heterocycles. The molecule has 0 bridgehead atoms. The monoisotopic (exact) mass is 599 g/mol. The number of halogens is 3. The van der Waals surface area contributed by atoms with Crippen LogP contribution in [-0.4, -0.2) is 83.7 Å². The zero-order valence-corrected chi connectivity index (χ0v) is 24.2. The summed E-state index contributed by atoms with van der Waals surface area (Å²) in [6.07, 6.45) is -0.0314. The van der Waals surface area contributed by atoms with Gasteiger partial charge in [0.15, 0.2) is 0 Å². The fraction of sp³-hybridized carbons (Fsp3) is 0.786. The highest BCUT2D eigenvalue weighted by atomic mass is 19.4. The van der Waals surface area contributed by atoms with Crippen LogP contribution in [0.2, 0.25) is 0 Å². The summed E-state index contributed by atoms with van der Waals surface area (Å²) in [4.78, 5) is 78.9. The Bertz CT molecular complexity index is 1130. The van der Waals surface area contributed by atoms with Gasteiger partial charge in [0.2, 0.25) is 23.5 Å². The van der Waals surface area contributed by atoms with Gasteiger partial charge in [-0.2, -0.15) is 13.2 Å². The summed E-state index contributed by atoms with van der Waals surface area (Å²) in [5, 5.41) is 9.72. The van der Waals surface area contributed by atoms with Crippen LogP contribution in [0.4, 0.5) is 13.2 Å². The Morgan fingerprint density at radius 1 is 1.02 bits per heavy atom. The Kier molecular flexibility index (Phi) is 8.94. The van der Waals surface area contributed by atoms with Crippen molar-refractivity contribution in [1.29, 1.82) is 0 Å². The molecule has 14 heteroatoms. The first kappa shape index (κ1) is 31.7. The Balaban J connectivity index is 1.59. The Labute approximate surface area is 242 Å². The molecular formula is C28H40F3N5O6. The van der Waals surface area contributed by atoms with Crippen molar-refractivity contribution < 1.29 is 41.9 Å². The van der Waals surface area contributed by atoms with E-state index in [0.29, 0.717) is 25.8 Å². The van der Waals surface area contributed by atoms with E-state index in [9.17, 15) is 41.9 Å². The number of ketones is 1. The van der Waals surface area contributed by atoms with Gasteiger partial charge in [-0.25, -0.2) is 0 Å². The number of hydrogen-bond donors (Lipinski definition) is 4. The second kappa shape index (κ2) is 11.8. The third-order valence-corrected chi connectivity index (χ3v) is 8.86. The highest BCUT2D eigenvalue weighted by Crippen LogP contribution is 2.48. The van der Waals surface area contributed by atoms with Crippen LogP contribution in [0, 0.1) is 16.7 Å². The van der Waals surface area contributed by atoms with Gasteiger partial charge in [-0.3, -0.25) is 28.8 Å². The van der Waals surface area contributed by atoms with Crippen LogP contribution in [0.25, 0.3) is 0 Å². The van der Waals surface area contributed by atoms with E-state index in [-0.39, 0.29) is 31.3 Å². The summed E-state index contributed by atoms with van der Waals surface area (Å²) < 4.78 is 39.5. The first-order valence-electron chi connectivity index (χ1n) is 14.6. The summed E-state index contributed by atoms with van der Waals surface area (Å²) in [7, 11) is 0. The van der Waals surface area contributed by atoms with Gasteiger partial charge in [-0.1, -0.05) is 33.6 Å². The average molecular weight is 600 g/mol. The minimum Gasteiger partial charge on any atom is -0.356 e. The predicted octanol–water partition coefficient (Wildman–Crippen LogP) is 1.10. The Hall–Kier alpha value is -3.19. The van der Waals surface area contributed by atoms with Gasteiger partial charge in [0.05, 0.1) is 6.04 Å². The molecule has 0 radical (unpaired) electrons. The van der Waals surface area contributed by atoms with Gasteiger partial charge >= 0.3 is 12.1 Å². The van der Waals surface area contributed by atoms with Crippen LogP contribution in [0.15, 0.2) is 0 Å². The van der Waals surface area contributed by atoms with Crippen LogP contribution in [0.3, 0.4) is 0 Å². The van der Waals surface area contributed by atoms with Gasteiger partial charge in [0, 0.05) is 25.0 Å². The number of likely N-dealkylation sites (tertiary alicyclic amines) is 1. The lowest BCUT2D eigenvalue weighted by molar-refractivity contribution is -0.176. The molecule has 4 atom stereocenters. The highest BCUT2D eigenvalue weighted by molar-refractivity contribution is 6.38. The number of nitrogens with zero attached hydrogens (tertiary/aromatic N) is 1. The summed E-state index contributed by atoms with van der Waals surface area (Å²) in [6.45, 7) is 5.07. The molecule has 234 valence electrons. The van der Waals surface area contributed by atoms with Gasteiger partial charge < -0.3 is 26.2 Å². The number of hydrogen-bond acceptors (Lipinski definition) is 6. The molecular weight excluding hydrogens is 559 g/mol. The van der Waals surface area contributed by atoms with E-state index in [0.717, 1.165) is 25.7 Å². The topological polar surface area (TPSA) is 154 Å². The molecule has 0 unspecified atom stereocenters. The smallest absolute Gasteiger partial charge is 0.356 e. The number of nitrogens with one attached hydrogen (secondary N) is 4. The van der Waals surface area contributed by atoms with Crippen molar-refractivity contribution in [2.45, 2.75) is 109 Å². The second-order valence-electron chi connectivity index (χ2n) is 13.3. The molecule has 11 nitrogen and oxygen atoms in total. The second-order valence-corrected chi connectivity index (χ2v) is 13.3. The molecule has 1 spiro atoms. The third-order valence-electron chi connectivity index (χ3n) is 8.86. The van der Waals surface area contributed by atoms with Gasteiger partial charge in [-0.05, 0) is 55.8 Å². The number of carbonyl (C=O) groups is 6. The first-order chi connectivity index (χ1) is 19.5. The highest BCUT2D eigenvalue weighted by Gasteiger charge is 2.53. The predicted molar refractivity (Wildman–Crippen MR) is 142 cm³/mol. The summed E-state index contributed by atoms with van der Waals surface area (Å²) in [5.41, 5.74) is -1.55. The minimum absolute atomic E-state index is 0.105. The van der Waals surface area contributed by atoms with Crippen molar-refractivity contribution in [2.24, 2.45) is 16.7 Å². The molecule has 2 heterocycles. The molecule has 2 saturated heterocycles. The van der Waals surface area contributed by atoms with Crippen molar-refractivity contribution in [2.75, 3.05) is 13.1 Å². The van der Waals surface area contributed by atoms with E-state index in [2.05, 4.69) is 16.0 Å². The average Bonchev–Trinajstić information content (AvgIpc) is 3.27. The lowest BCUT2D eigenvalue weighted by atomic mass is 9.83. The maximum absolute atomic E-state index is 13.9. The van der Waals surface area contributed by atoms with E-state index in [1.165, 1.54) is 25.7 Å². The van der Waals surface area contributed by atoms with Gasteiger partial charge in [0.1, 0.15) is 12.1 Å². The molecule has 5 amide bonds. The SMILES string of the molecule is CC(C)(C)[C@H](NC(=O)C(F)(F)F)C(=O)N1CC2(CCCC2)C[C@H]1C(=O)N[C@@H](C[C@@H]1CCNC1=O)C(=O)C(=O)NC1CC1. The molecule has 4 fully saturated rings. The minimum atomic E-state index is -5.21. The Morgan fingerprint density at radius 2 is 1.67 bits per heavy atom. The largest absolute Gasteiger partial charge is 0.471 e. The summed E-state index contributed by atoms with van der Waals surface area (Å²) >= 11 is 0. The summed E-state index contributed by atoms with van der Waals surface area (Å²) in [6, 6.07) is -4.16. The molecule has 4 rings (SSSR count). The summed E-state index contributed by atoms with van der Waals surface area (Å²) in [5.74, 6) is -6.46. The lowest BCUT2D eigenvalue weighted by Gasteiger charge is -2.36. The maximum Gasteiger partial charge on any atom is 0.471 e. The van der Waals surface area contributed by atoms with Crippen LogP contribution in [0.1, 0.15) is 78.6 Å². The van der Waals surface area contributed by atoms with Crippen molar-refractivity contribution in [1.82, 2.24) is 26.2 Å². The van der Waals surface area contributed by atoms with Crippen LogP contribution in [0.5, 0.6) is 0 Å². The van der Waals surface area contributed by atoms with Crippen LogP contribution >= 0.6 is 0 Å². The first-order valence-corrected chi connectivity index (χ1v) is 14.6. The van der Waals surface area contributed by atoms with E-state index in [4.69, 9.17) is 0 Å². The molecule has 2 aliphatic carbocycles. The molecule has 4 N–H and O–H groups in total. The van der Waals surface area contributed by atoms with Gasteiger partial charge in [0.25, 0.3) is 5.91 Å². The lowest BCUT2D eigenvalue weighted by Crippen LogP contribution is -2.60. The Morgan fingerprint density at radius 3 is 2.19 bits per heavy atom. The zero-order chi connectivity index (χ0) is 31.0. The van der Waals surface area contributed by atoms with E-state index in [1.54, 1.807) is 0 Å². The van der Waals surface area contributed by atoms with Crippen molar-refractivity contribution in [3.8, 4) is 0 Å². The van der Waals surface area contributed by atoms with E-state index in [1.807, 2.05) is 5.32 Å². The molecule has 0 aromatic carbocycles. The van der Waals surface area contributed by atoms with E-state index < -0.39 is 70.5 Å². The number of carbonyl (C=O) groups excluding carboxylic acids is 6. The third kappa shape index (κ3) is 7.23. The number of rotatable bonds is 9. The van der Waals surface area contributed by atoms with Gasteiger partial charge in [-0.15, -0.1) is 0 Å². The van der Waals surface area contributed by atoms with Crippen LogP contribution < -0.4 is 21.3 Å². The fourth-order valence-corrected chi connectivity index (χ4v) is 6.33. The molecule has 4 aliphatic rings. The molecule has 0 aromatic heterocycles. The normalized spacial score (nSPS) is 25.1. The van der Waals surface area contributed by atoms with Crippen molar-refractivity contribution >= 4 is 35.3 Å². The maximum atomic E-state index is 13.9. The number of amides is 5. The van der Waals surface area contributed by atoms with Crippen molar-refractivity contribution in [3.63, 3.8) is 0 Å². The molecule has 0 aromatic rings.